The van der Waals surface area contributed by atoms with Crippen LogP contribution in [-0.2, 0) is 20.2 Å². The van der Waals surface area contributed by atoms with Crippen LogP contribution in [0.2, 0.25) is 0 Å². The molecule has 3 aliphatic rings. The number of likely N-dealkylation sites (tertiary alicyclic amines) is 1. The Morgan fingerprint density at radius 3 is 2.24 bits per heavy atom. The number of carbonyl (C=O) groups is 1. The molecule has 0 aromatic heterocycles. The fraction of sp³-hybridized carbons (Fsp3) is 0.567. The summed E-state index contributed by atoms with van der Waals surface area (Å²) in [5, 5.41) is 3.80. The molecule has 5 rings (SSSR count). The van der Waals surface area contributed by atoms with Gasteiger partial charge in [0.1, 0.15) is 5.60 Å². The fourth-order valence-corrected chi connectivity index (χ4v) is 8.23. The number of piperidine rings is 2. The van der Waals surface area contributed by atoms with E-state index in [2.05, 4.69) is 24.4 Å². The van der Waals surface area contributed by atoms with E-state index >= 15 is 0 Å². The highest BCUT2D eigenvalue weighted by molar-refractivity contribution is 7.89. The van der Waals surface area contributed by atoms with Gasteiger partial charge in [-0.25, -0.2) is 17.5 Å². The maximum absolute atomic E-state index is 13.3. The molecule has 206 valence electrons. The number of amides is 1. The fourth-order valence-electron chi connectivity index (χ4n) is 6.91. The Kier molecular flexibility index (Phi) is 6.89. The van der Waals surface area contributed by atoms with Gasteiger partial charge >= 0.3 is 6.09 Å². The number of ether oxygens (including phenoxy) is 1. The molecule has 2 aliphatic carbocycles. The first-order valence-electron chi connectivity index (χ1n) is 13.7. The monoisotopic (exact) mass is 539 g/mol. The number of benzene rings is 2. The second kappa shape index (κ2) is 9.65. The summed E-state index contributed by atoms with van der Waals surface area (Å²) in [6.45, 7) is 9.05. The van der Waals surface area contributed by atoms with Crippen LogP contribution in [0.5, 0.6) is 0 Å². The lowest BCUT2D eigenvalue weighted by molar-refractivity contribution is -0.267. The van der Waals surface area contributed by atoms with Gasteiger partial charge in [-0.15, -0.1) is 0 Å². The molecular weight excluding hydrogens is 498 g/mol. The highest BCUT2D eigenvalue weighted by Gasteiger charge is 2.76. The number of likely N-dealkylation sites (N-methyl/N-ethyl adjacent to an activating group) is 1. The first-order valence-corrected chi connectivity index (χ1v) is 15.1. The second-order valence-electron chi connectivity index (χ2n) is 12.6. The maximum atomic E-state index is 13.3. The number of hydrogen-bond donors (Lipinski definition) is 1. The Labute approximate surface area is 227 Å². The molecule has 1 saturated heterocycles. The molecule has 1 amide bonds. The van der Waals surface area contributed by atoms with Crippen molar-refractivity contribution < 1.29 is 17.9 Å². The van der Waals surface area contributed by atoms with Crippen LogP contribution in [0.3, 0.4) is 0 Å². The molecular formula is C30H41N3O4S. The quantitative estimate of drug-likeness (QED) is 0.496. The Balaban J connectivity index is 1.24. The molecule has 1 N–H and O–H groups in total. The van der Waals surface area contributed by atoms with Crippen LogP contribution < -0.4 is 5.32 Å². The first kappa shape index (κ1) is 27.2. The first-order chi connectivity index (χ1) is 17.9. The average molecular weight is 540 g/mol. The molecule has 8 heteroatoms. The molecule has 38 heavy (non-hydrogen) atoms. The van der Waals surface area contributed by atoms with E-state index in [1.54, 1.807) is 31.3 Å². The van der Waals surface area contributed by atoms with Crippen LogP contribution in [0, 0.1) is 5.41 Å². The van der Waals surface area contributed by atoms with E-state index in [1.807, 2.05) is 49.9 Å². The third-order valence-corrected chi connectivity index (χ3v) is 10.9. The van der Waals surface area contributed by atoms with E-state index in [4.69, 9.17) is 4.74 Å². The maximum Gasteiger partial charge on any atom is 0.410 e. The van der Waals surface area contributed by atoms with Crippen molar-refractivity contribution in [2.75, 3.05) is 20.1 Å². The SMILES string of the molecule is CN(C[C@@](C)(CCNC1CC2N(C(=O)OC(C)(C)C)C3CCC132)c1ccccc1)S(=O)(=O)c1ccccc1. The summed E-state index contributed by atoms with van der Waals surface area (Å²) < 4.78 is 33.7. The van der Waals surface area contributed by atoms with Crippen LogP contribution in [0.25, 0.3) is 0 Å². The van der Waals surface area contributed by atoms with Gasteiger partial charge in [0.05, 0.1) is 4.90 Å². The van der Waals surface area contributed by atoms with Gasteiger partial charge in [-0.2, -0.15) is 0 Å². The van der Waals surface area contributed by atoms with Gasteiger partial charge in [0, 0.05) is 42.5 Å². The number of nitrogens with one attached hydrogen (secondary N) is 1. The van der Waals surface area contributed by atoms with Crippen molar-refractivity contribution in [1.29, 1.82) is 0 Å². The van der Waals surface area contributed by atoms with Crippen LogP contribution in [0.15, 0.2) is 65.6 Å². The number of hydrogen-bond acceptors (Lipinski definition) is 5. The van der Waals surface area contributed by atoms with Gasteiger partial charge < -0.3 is 15.0 Å². The van der Waals surface area contributed by atoms with Gasteiger partial charge in [-0.3, -0.25) is 0 Å². The molecule has 1 spiro atoms. The van der Waals surface area contributed by atoms with E-state index in [9.17, 15) is 13.2 Å². The lowest BCUT2D eigenvalue weighted by Gasteiger charge is -2.79. The number of carbonyl (C=O) groups excluding carboxylic acids is 1. The zero-order chi connectivity index (χ0) is 27.3. The molecule has 3 fully saturated rings. The number of nitrogens with zero attached hydrogens (tertiary/aromatic N) is 2. The Hall–Kier alpha value is -2.42. The summed E-state index contributed by atoms with van der Waals surface area (Å²) in [5.41, 5.74) is 0.465. The van der Waals surface area contributed by atoms with E-state index < -0.39 is 15.6 Å². The van der Waals surface area contributed by atoms with Crippen molar-refractivity contribution in [2.24, 2.45) is 5.41 Å². The van der Waals surface area contributed by atoms with E-state index in [0.717, 1.165) is 37.8 Å². The predicted molar refractivity (Wildman–Crippen MR) is 148 cm³/mol. The summed E-state index contributed by atoms with van der Waals surface area (Å²) in [6, 6.07) is 19.8. The third kappa shape index (κ3) is 4.54. The minimum Gasteiger partial charge on any atom is -0.444 e. The predicted octanol–water partition coefficient (Wildman–Crippen LogP) is 4.79. The summed E-state index contributed by atoms with van der Waals surface area (Å²) in [4.78, 5) is 15.0. The van der Waals surface area contributed by atoms with Gasteiger partial charge in [-0.1, -0.05) is 55.5 Å². The molecule has 0 radical (unpaired) electrons. The van der Waals surface area contributed by atoms with E-state index in [1.165, 1.54) is 4.31 Å². The van der Waals surface area contributed by atoms with Crippen molar-refractivity contribution in [3.8, 4) is 0 Å². The van der Waals surface area contributed by atoms with E-state index in [0.29, 0.717) is 17.5 Å². The van der Waals surface area contributed by atoms with Crippen molar-refractivity contribution in [1.82, 2.24) is 14.5 Å². The topological polar surface area (TPSA) is 79.0 Å². The molecule has 0 bridgehead atoms. The second-order valence-corrected chi connectivity index (χ2v) is 14.6. The summed E-state index contributed by atoms with van der Waals surface area (Å²) in [7, 11) is -1.92. The van der Waals surface area contributed by atoms with Gasteiger partial charge in [-0.05, 0) is 70.7 Å². The standard InChI is InChI=1S/C30H41N3O4S/c1-28(2,3)37-27(34)33-25-16-17-30(25)24(20-26(30)33)31-19-18-29(4,22-12-8-6-9-13-22)21-32(5)38(35,36)23-14-10-7-11-15-23/h6-15,24-26,31H,16-21H2,1-5H3/t24?,25?,26?,29-,30?/m1/s1. The average Bonchev–Trinajstić information content (AvgIpc) is 2.84. The van der Waals surface area contributed by atoms with Gasteiger partial charge in [0.15, 0.2) is 0 Å². The Morgan fingerprint density at radius 1 is 1.05 bits per heavy atom. The smallest absolute Gasteiger partial charge is 0.410 e. The zero-order valence-electron chi connectivity index (χ0n) is 23.2. The van der Waals surface area contributed by atoms with Crippen LogP contribution in [-0.4, -0.2) is 67.6 Å². The summed E-state index contributed by atoms with van der Waals surface area (Å²) >= 11 is 0. The van der Waals surface area contributed by atoms with Crippen LogP contribution >= 0.6 is 0 Å². The normalized spacial score (nSPS) is 27.7. The molecule has 4 unspecified atom stereocenters. The Morgan fingerprint density at radius 2 is 1.68 bits per heavy atom. The van der Waals surface area contributed by atoms with Crippen molar-refractivity contribution >= 4 is 16.1 Å². The van der Waals surface area contributed by atoms with Crippen molar-refractivity contribution in [2.45, 2.75) is 87.4 Å². The highest BCUT2D eigenvalue weighted by atomic mass is 32.2. The van der Waals surface area contributed by atoms with E-state index in [-0.39, 0.29) is 29.0 Å². The molecule has 7 nitrogen and oxygen atoms in total. The van der Waals surface area contributed by atoms with Crippen molar-refractivity contribution in [3.05, 3.63) is 66.2 Å². The lowest BCUT2D eigenvalue weighted by atomic mass is 9.40. The van der Waals surface area contributed by atoms with Crippen LogP contribution in [0.1, 0.15) is 58.9 Å². The summed E-state index contributed by atoms with van der Waals surface area (Å²) in [6.07, 6.45) is 3.75. The molecule has 5 atom stereocenters. The highest BCUT2D eigenvalue weighted by Crippen LogP contribution is 2.68. The van der Waals surface area contributed by atoms with Gasteiger partial charge in [0.2, 0.25) is 10.0 Å². The van der Waals surface area contributed by atoms with Gasteiger partial charge in [0.25, 0.3) is 0 Å². The largest absolute Gasteiger partial charge is 0.444 e. The molecule has 2 saturated carbocycles. The number of sulfonamides is 1. The molecule has 2 aromatic carbocycles. The Bertz CT molecular complexity index is 1260. The molecule has 1 aliphatic heterocycles. The van der Waals surface area contributed by atoms with Crippen molar-refractivity contribution in [3.63, 3.8) is 0 Å². The zero-order valence-corrected chi connectivity index (χ0v) is 24.0. The summed E-state index contributed by atoms with van der Waals surface area (Å²) in [5.74, 6) is 0. The number of rotatable bonds is 9. The molecule has 2 aromatic rings. The minimum atomic E-state index is -3.59. The van der Waals surface area contributed by atoms with Crippen LogP contribution in [0.4, 0.5) is 4.79 Å². The molecule has 1 heterocycles. The minimum absolute atomic E-state index is 0.180. The lowest BCUT2D eigenvalue weighted by Crippen LogP contribution is -2.89. The third-order valence-electron chi connectivity index (χ3n) is 9.04.